The normalized spacial score (nSPS) is 11.9. The first-order valence-electron chi connectivity index (χ1n) is 6.07. The Labute approximate surface area is 113 Å². The van der Waals surface area contributed by atoms with Crippen molar-refractivity contribution in [2.24, 2.45) is 11.8 Å². The molecule has 0 amide bonds. The second-order valence-electron chi connectivity index (χ2n) is 5.08. The molecule has 0 aliphatic carbocycles. The Morgan fingerprint density at radius 3 is 2.33 bits per heavy atom. The Kier molecular flexibility index (Phi) is 4.57. The van der Waals surface area contributed by atoms with Crippen LogP contribution in [0, 0.1) is 11.8 Å². The monoisotopic (exact) mass is 267 g/mol. The van der Waals surface area contributed by atoms with E-state index in [4.69, 9.17) is 5.11 Å². The van der Waals surface area contributed by atoms with Crippen LogP contribution in [-0.2, 0) is 0 Å². The van der Waals surface area contributed by atoms with Crippen LogP contribution in [0.2, 0.25) is 0 Å². The molecule has 0 fully saturated rings. The fourth-order valence-electron chi connectivity index (χ4n) is 2.24. The van der Waals surface area contributed by atoms with Gasteiger partial charge in [0.2, 0.25) is 0 Å². The number of carbonyl (C=O) groups is 1. The number of aromatic carboxylic acids is 1. The van der Waals surface area contributed by atoms with Crippen molar-refractivity contribution in [1.29, 1.82) is 0 Å². The molecular weight excluding hydrogens is 246 g/mol. The third-order valence-corrected chi connectivity index (χ3v) is 4.34. The van der Waals surface area contributed by atoms with Gasteiger partial charge in [0.05, 0.1) is 5.54 Å². The minimum absolute atomic E-state index is 0.225. The highest BCUT2D eigenvalue weighted by Crippen LogP contribution is 2.33. The van der Waals surface area contributed by atoms with E-state index in [0.717, 1.165) is 5.69 Å². The van der Waals surface area contributed by atoms with Gasteiger partial charge in [-0.2, -0.15) is 0 Å². The van der Waals surface area contributed by atoms with Gasteiger partial charge in [-0.05, 0) is 17.9 Å². The Hall–Kier alpha value is -1.29. The molecule has 2 N–H and O–H groups in total. The summed E-state index contributed by atoms with van der Waals surface area (Å²) in [4.78, 5) is 11.2. The Morgan fingerprint density at radius 2 is 2.00 bits per heavy atom. The van der Waals surface area contributed by atoms with Crippen LogP contribution in [-0.4, -0.2) is 16.6 Å². The Bertz CT molecular complexity index is 427. The van der Waals surface area contributed by atoms with E-state index in [9.17, 15) is 4.79 Å². The second kappa shape index (κ2) is 5.57. The molecule has 1 aromatic heterocycles. The van der Waals surface area contributed by atoms with E-state index in [1.54, 1.807) is 6.07 Å². The zero-order chi connectivity index (χ0) is 13.9. The third kappa shape index (κ3) is 2.75. The van der Waals surface area contributed by atoms with Crippen molar-refractivity contribution in [1.82, 2.24) is 0 Å². The minimum Gasteiger partial charge on any atom is -0.477 e. The van der Waals surface area contributed by atoms with Crippen LogP contribution >= 0.6 is 11.3 Å². The molecule has 18 heavy (non-hydrogen) atoms. The topological polar surface area (TPSA) is 49.3 Å². The van der Waals surface area contributed by atoms with Gasteiger partial charge in [-0.25, -0.2) is 4.79 Å². The van der Waals surface area contributed by atoms with E-state index in [-0.39, 0.29) is 5.54 Å². The number of carboxylic acid groups (broad SMARTS) is 1. The quantitative estimate of drug-likeness (QED) is 0.763. The number of hydrogen-bond acceptors (Lipinski definition) is 3. The molecule has 1 rings (SSSR count). The minimum atomic E-state index is -0.883. The molecule has 1 heterocycles. The summed E-state index contributed by atoms with van der Waals surface area (Å²) in [6.07, 6.45) is 1.93. The van der Waals surface area contributed by atoms with Crippen molar-refractivity contribution < 1.29 is 9.90 Å². The lowest BCUT2D eigenvalue weighted by molar-refractivity contribution is 0.0702. The van der Waals surface area contributed by atoms with Crippen molar-refractivity contribution in [2.75, 3.05) is 5.32 Å². The van der Waals surface area contributed by atoms with E-state index < -0.39 is 5.97 Å². The highest BCUT2D eigenvalue weighted by atomic mass is 32.1. The Morgan fingerprint density at radius 1 is 1.44 bits per heavy atom. The maximum Gasteiger partial charge on any atom is 0.345 e. The van der Waals surface area contributed by atoms with Crippen molar-refractivity contribution in [3.8, 4) is 0 Å². The van der Waals surface area contributed by atoms with Crippen molar-refractivity contribution in [2.45, 2.75) is 33.2 Å². The number of thiophene rings is 1. The standard InChI is InChI=1S/C14H21NO2S/c1-6-14(9(2)3,10(4)5)15-11-7-12(13(16)17)18-8-11/h6-10,15H,1H2,2-5H3,(H,16,17). The van der Waals surface area contributed by atoms with Crippen LogP contribution in [0.15, 0.2) is 24.1 Å². The van der Waals surface area contributed by atoms with Crippen LogP contribution in [0.25, 0.3) is 0 Å². The maximum absolute atomic E-state index is 10.9. The summed E-state index contributed by atoms with van der Waals surface area (Å²) in [6.45, 7) is 12.5. The summed E-state index contributed by atoms with van der Waals surface area (Å²) in [5.41, 5.74) is 0.622. The lowest BCUT2D eigenvalue weighted by atomic mass is 9.77. The van der Waals surface area contributed by atoms with Gasteiger partial charge in [0.15, 0.2) is 0 Å². The van der Waals surface area contributed by atoms with Crippen LogP contribution in [0.3, 0.4) is 0 Å². The van der Waals surface area contributed by atoms with E-state index >= 15 is 0 Å². The predicted molar refractivity (Wildman–Crippen MR) is 77.5 cm³/mol. The van der Waals surface area contributed by atoms with Gasteiger partial charge in [0.25, 0.3) is 0 Å². The summed E-state index contributed by atoms with van der Waals surface area (Å²) in [5.74, 6) is -0.155. The Balaban J connectivity index is 3.03. The summed E-state index contributed by atoms with van der Waals surface area (Å²) in [7, 11) is 0. The third-order valence-electron chi connectivity index (χ3n) is 3.42. The zero-order valence-electron chi connectivity index (χ0n) is 11.4. The molecule has 100 valence electrons. The highest BCUT2D eigenvalue weighted by molar-refractivity contribution is 7.12. The largest absolute Gasteiger partial charge is 0.477 e. The van der Waals surface area contributed by atoms with Crippen LogP contribution in [0.1, 0.15) is 37.4 Å². The van der Waals surface area contributed by atoms with E-state index in [1.807, 2.05) is 11.5 Å². The molecule has 0 aromatic carbocycles. The molecule has 0 aliphatic heterocycles. The summed E-state index contributed by atoms with van der Waals surface area (Å²) in [6, 6.07) is 1.68. The summed E-state index contributed by atoms with van der Waals surface area (Å²) < 4.78 is 0. The van der Waals surface area contributed by atoms with Crippen LogP contribution < -0.4 is 5.32 Å². The zero-order valence-corrected chi connectivity index (χ0v) is 12.2. The number of carboxylic acids is 1. The van der Waals surface area contributed by atoms with E-state index in [0.29, 0.717) is 16.7 Å². The first-order chi connectivity index (χ1) is 8.33. The highest BCUT2D eigenvalue weighted by Gasteiger charge is 2.34. The molecular formula is C14H21NO2S. The van der Waals surface area contributed by atoms with Gasteiger partial charge < -0.3 is 10.4 Å². The molecule has 0 radical (unpaired) electrons. The lowest BCUT2D eigenvalue weighted by Crippen LogP contribution is -2.46. The molecule has 0 aliphatic rings. The SMILES string of the molecule is C=CC(Nc1csc(C(=O)O)c1)(C(C)C)C(C)C. The van der Waals surface area contributed by atoms with Crippen molar-refractivity contribution in [3.63, 3.8) is 0 Å². The molecule has 0 unspecified atom stereocenters. The average molecular weight is 267 g/mol. The van der Waals surface area contributed by atoms with Gasteiger partial charge in [-0.15, -0.1) is 17.9 Å². The smallest absolute Gasteiger partial charge is 0.345 e. The number of nitrogens with one attached hydrogen (secondary N) is 1. The summed E-state index contributed by atoms with van der Waals surface area (Å²) >= 11 is 1.24. The molecule has 4 heteroatoms. The maximum atomic E-state index is 10.9. The van der Waals surface area contributed by atoms with Crippen molar-refractivity contribution in [3.05, 3.63) is 29.0 Å². The fraction of sp³-hybridized carbons (Fsp3) is 0.500. The first-order valence-corrected chi connectivity index (χ1v) is 6.95. The molecule has 1 aromatic rings. The van der Waals surface area contributed by atoms with E-state index in [1.165, 1.54) is 11.3 Å². The lowest BCUT2D eigenvalue weighted by Gasteiger charge is -2.40. The van der Waals surface area contributed by atoms with Crippen molar-refractivity contribution >= 4 is 23.0 Å². The van der Waals surface area contributed by atoms with Gasteiger partial charge in [0.1, 0.15) is 4.88 Å². The number of hydrogen-bond donors (Lipinski definition) is 2. The number of rotatable bonds is 6. The fourth-order valence-corrected chi connectivity index (χ4v) is 2.92. The number of anilines is 1. The molecule has 0 saturated heterocycles. The average Bonchev–Trinajstić information content (AvgIpc) is 2.73. The molecule has 3 nitrogen and oxygen atoms in total. The van der Waals surface area contributed by atoms with Gasteiger partial charge in [0, 0.05) is 11.1 Å². The molecule has 0 bridgehead atoms. The second-order valence-corrected chi connectivity index (χ2v) is 5.99. The molecule has 0 saturated carbocycles. The van der Waals surface area contributed by atoms with Gasteiger partial charge in [-0.1, -0.05) is 33.8 Å². The van der Waals surface area contributed by atoms with E-state index in [2.05, 4.69) is 39.6 Å². The molecule has 0 spiro atoms. The van der Waals surface area contributed by atoms with Crippen LogP contribution in [0.5, 0.6) is 0 Å². The van der Waals surface area contributed by atoms with Gasteiger partial charge >= 0.3 is 5.97 Å². The summed E-state index contributed by atoms with van der Waals surface area (Å²) in [5, 5.41) is 14.2. The molecule has 0 atom stereocenters. The van der Waals surface area contributed by atoms with Crippen LogP contribution in [0.4, 0.5) is 5.69 Å². The predicted octanol–water partition coefficient (Wildman–Crippen LogP) is 4.10. The first kappa shape index (κ1) is 14.8. The van der Waals surface area contributed by atoms with Gasteiger partial charge in [-0.3, -0.25) is 0 Å².